The Morgan fingerprint density at radius 2 is 1.13 bits per heavy atom. The number of esters is 2. The normalized spacial score (nSPS) is 16.1. The molecule has 0 saturated carbocycles. The molecule has 2 heterocycles. The first-order chi connectivity index (χ1) is 32.3. The van der Waals surface area contributed by atoms with Crippen molar-refractivity contribution in [3.63, 3.8) is 0 Å². The van der Waals surface area contributed by atoms with Gasteiger partial charge in [0.2, 0.25) is 11.8 Å². The fourth-order valence-corrected chi connectivity index (χ4v) is 10.5. The monoisotopic (exact) mass is 1070 g/mol. The fourth-order valence-electron chi connectivity index (χ4n) is 8.25. The van der Waals surface area contributed by atoms with Gasteiger partial charge in [0, 0.05) is 22.5 Å². The number of para-hydroxylation sites is 1. The largest absolute Gasteiger partial charge is 0.755 e. The van der Waals surface area contributed by atoms with Crippen LogP contribution < -0.4 is 27.6 Å². The molecule has 348 valence electrons. The molecule has 8 rings (SSSR count). The molecule has 0 aliphatic heterocycles. The smallest absolute Gasteiger partial charge is 0.351 e. The lowest BCUT2D eigenvalue weighted by atomic mass is 9.87. The molecule has 6 aromatic rings. The third-order valence-corrected chi connectivity index (χ3v) is 14.0. The average molecular weight is 1070 g/mol. The van der Waals surface area contributed by atoms with Gasteiger partial charge in [-0.3, -0.25) is 17.0 Å². The highest BCUT2D eigenvalue weighted by molar-refractivity contribution is 9.11. The van der Waals surface area contributed by atoms with Gasteiger partial charge >= 0.3 is 11.9 Å². The molecule has 4 unspecified atom stereocenters. The summed E-state index contributed by atoms with van der Waals surface area (Å²) >= 11 is 1.59. The van der Waals surface area contributed by atoms with E-state index in [1.54, 1.807) is 36.4 Å². The molecule has 4 atom stereocenters. The summed E-state index contributed by atoms with van der Waals surface area (Å²) < 4.78 is 83.5. The third-order valence-electron chi connectivity index (χ3n) is 11.3. The van der Waals surface area contributed by atoms with E-state index in [0.29, 0.717) is 93.0 Å². The van der Waals surface area contributed by atoms with Crippen LogP contribution in [0.1, 0.15) is 71.1 Å². The van der Waals surface area contributed by atoms with E-state index in [1.165, 1.54) is 21.0 Å². The summed E-state index contributed by atoms with van der Waals surface area (Å²) in [6, 6.07) is 27.4. The molecule has 0 fully saturated rings. The number of rotatable bonds is 16. The summed E-state index contributed by atoms with van der Waals surface area (Å²) in [5.74, 6) is 0.543. The van der Waals surface area contributed by atoms with Crippen LogP contribution in [0.15, 0.2) is 118 Å². The predicted octanol–water partition coefficient (Wildman–Crippen LogP) is 10.1. The fraction of sp³-hybridized carbons (Fsp3) is 0.250. The quantitative estimate of drug-likeness (QED) is 0.0506. The molecule has 2 aromatic heterocycles. The number of fused-ring (bicyclic) bond motifs is 2. The van der Waals surface area contributed by atoms with Gasteiger partial charge in [0.15, 0.2) is 13.2 Å². The maximum atomic E-state index is 12.9. The van der Waals surface area contributed by atoms with Gasteiger partial charge in [-0.25, -0.2) is 19.6 Å². The van der Waals surface area contributed by atoms with Crippen molar-refractivity contribution in [3.8, 4) is 34.8 Å². The van der Waals surface area contributed by atoms with Gasteiger partial charge in [0.25, 0.3) is 0 Å². The Hall–Kier alpha value is -5.70. The van der Waals surface area contributed by atoms with Crippen LogP contribution in [-0.2, 0) is 49.7 Å². The number of halogens is 2. The van der Waals surface area contributed by atoms with E-state index >= 15 is 0 Å². The van der Waals surface area contributed by atoms with E-state index in [0.717, 1.165) is 22.3 Å². The number of carbonyl (C=O) groups excluding carboxylic acids is 2. The third kappa shape index (κ3) is 11.2. The van der Waals surface area contributed by atoms with E-state index in [1.807, 2.05) is 74.5 Å². The van der Waals surface area contributed by atoms with Gasteiger partial charge in [0.1, 0.15) is 23.0 Å². The number of anilines is 2. The SMILES string of the molecule is Cc1ccc(Oc2ncc(N(C3CCCc4c(OCC(=O)OC(=O)COc5cccc6c5CCCC6N(c5cnc(Oc6ccccc6C)c(Br)c5)S(=O)[O-])cccc43)S(=O)[O-])cc2Br)cc1. The second-order valence-corrected chi connectivity index (χ2v) is 19.1. The Morgan fingerprint density at radius 1 is 0.657 bits per heavy atom. The Morgan fingerprint density at radius 3 is 1.61 bits per heavy atom. The lowest BCUT2D eigenvalue weighted by Crippen LogP contribution is -2.33. The van der Waals surface area contributed by atoms with Crippen molar-refractivity contribution in [1.29, 1.82) is 0 Å². The maximum Gasteiger partial charge on any atom is 0.351 e. The molecule has 15 nitrogen and oxygen atoms in total. The Labute approximate surface area is 408 Å². The number of ether oxygens (including phenoxy) is 5. The lowest BCUT2D eigenvalue weighted by Gasteiger charge is -2.38. The molecule has 0 bridgehead atoms. The van der Waals surface area contributed by atoms with Gasteiger partial charge in [-0.1, -0.05) is 60.2 Å². The first-order valence-corrected chi connectivity index (χ1v) is 24.8. The van der Waals surface area contributed by atoms with E-state index in [-0.39, 0.29) is 11.8 Å². The lowest BCUT2D eigenvalue weighted by molar-refractivity contribution is -0.162. The average Bonchev–Trinajstić information content (AvgIpc) is 3.31. The van der Waals surface area contributed by atoms with Gasteiger partial charge < -0.3 is 32.8 Å². The van der Waals surface area contributed by atoms with Crippen LogP contribution in [0, 0.1) is 13.8 Å². The summed E-state index contributed by atoms with van der Waals surface area (Å²) in [5.41, 5.74) is 5.47. The highest BCUT2D eigenvalue weighted by Crippen LogP contribution is 2.44. The molecule has 0 radical (unpaired) electrons. The molecule has 0 saturated heterocycles. The van der Waals surface area contributed by atoms with E-state index < -0.39 is 59.8 Å². The molecule has 19 heteroatoms. The summed E-state index contributed by atoms with van der Waals surface area (Å²) in [5, 5.41) is 0. The first-order valence-electron chi connectivity index (χ1n) is 21.1. The molecular weight excluding hydrogens is 1030 g/mol. The predicted molar refractivity (Wildman–Crippen MR) is 256 cm³/mol. The summed E-state index contributed by atoms with van der Waals surface area (Å²) in [4.78, 5) is 34.7. The standard InChI is InChI=1S/C48H44Br2N4O11S2/c1-29-19-21-33(22-20-29)63-47-38(49)23-31(25-51-47)53(66(57)58)40-14-5-12-36-34(40)10-7-17-43(36)61-27-45(55)65-46(56)28-62-44-18-8-11-35-37(44)13-6-15-41(35)54(67(59)60)32-24-39(50)48(52-26-32)64-42-16-4-3-9-30(42)2/h3-4,7-11,16-26,40-41H,5-6,12-15,27-28H2,1-2H3,(H,57,58)(H,59,60)/p-2. The number of aromatic nitrogens is 2. The minimum atomic E-state index is -2.70. The van der Waals surface area contributed by atoms with Gasteiger partial charge in [-0.05, 0) is 155 Å². The van der Waals surface area contributed by atoms with Crippen LogP contribution in [0.3, 0.4) is 0 Å². The van der Waals surface area contributed by atoms with Gasteiger partial charge in [-0.2, -0.15) is 0 Å². The molecule has 0 amide bonds. The topological polar surface area (TPSA) is 193 Å². The Balaban J connectivity index is 0.892. The van der Waals surface area contributed by atoms with Crippen LogP contribution in [0.5, 0.6) is 34.8 Å². The van der Waals surface area contributed by atoms with Crippen LogP contribution in [0.4, 0.5) is 11.4 Å². The molecule has 4 aromatic carbocycles. The van der Waals surface area contributed by atoms with Crippen molar-refractivity contribution >= 4 is 77.7 Å². The number of carbonyl (C=O) groups is 2. The van der Waals surface area contributed by atoms with E-state index in [9.17, 15) is 27.1 Å². The van der Waals surface area contributed by atoms with E-state index in [2.05, 4.69) is 41.8 Å². The van der Waals surface area contributed by atoms with Crippen molar-refractivity contribution in [2.24, 2.45) is 0 Å². The first kappa shape index (κ1) is 47.8. The zero-order chi connectivity index (χ0) is 47.2. The number of aryl methyl sites for hydroxylation is 2. The van der Waals surface area contributed by atoms with Crippen LogP contribution >= 0.6 is 31.9 Å². The maximum absolute atomic E-state index is 12.9. The molecular formula is C48H42Br2N4O11S2-2. The van der Waals surface area contributed by atoms with Crippen LogP contribution in [-0.4, -0.2) is 52.6 Å². The summed E-state index contributed by atoms with van der Waals surface area (Å²) in [7, 11) is 0. The highest BCUT2D eigenvalue weighted by Gasteiger charge is 2.32. The Bertz CT molecular complexity index is 2850. The van der Waals surface area contributed by atoms with Gasteiger partial charge in [0.05, 0.1) is 44.8 Å². The minimum absolute atomic E-state index is 0.271. The minimum Gasteiger partial charge on any atom is -0.755 e. The van der Waals surface area contributed by atoms with Crippen molar-refractivity contribution < 1.29 is 50.8 Å². The zero-order valence-corrected chi connectivity index (χ0v) is 40.9. The van der Waals surface area contributed by atoms with E-state index in [4.69, 9.17) is 23.7 Å². The van der Waals surface area contributed by atoms with Crippen molar-refractivity contribution in [1.82, 2.24) is 9.97 Å². The van der Waals surface area contributed by atoms with Gasteiger partial charge in [-0.15, -0.1) is 0 Å². The molecule has 0 N–H and O–H groups in total. The van der Waals surface area contributed by atoms with Crippen molar-refractivity contribution in [2.45, 2.75) is 64.5 Å². The highest BCUT2D eigenvalue weighted by atomic mass is 79.9. The second-order valence-electron chi connectivity index (χ2n) is 15.7. The number of nitrogens with zero attached hydrogens (tertiary/aromatic N) is 4. The molecule has 67 heavy (non-hydrogen) atoms. The second kappa shape index (κ2) is 21.5. The molecule has 0 spiro atoms. The summed E-state index contributed by atoms with van der Waals surface area (Å²) in [6.07, 6.45) is 6.26. The van der Waals surface area contributed by atoms with Crippen LogP contribution in [0.2, 0.25) is 0 Å². The Kier molecular flexibility index (Phi) is 15.3. The van der Waals surface area contributed by atoms with Crippen molar-refractivity contribution in [2.75, 3.05) is 21.8 Å². The van der Waals surface area contributed by atoms with Crippen molar-refractivity contribution in [3.05, 3.63) is 152 Å². The summed E-state index contributed by atoms with van der Waals surface area (Å²) in [6.45, 7) is 2.68. The number of hydrogen-bond donors (Lipinski definition) is 0. The van der Waals surface area contributed by atoms with Crippen LogP contribution in [0.25, 0.3) is 0 Å². The molecule has 2 aliphatic carbocycles. The number of pyridine rings is 2. The zero-order valence-electron chi connectivity index (χ0n) is 36.1. The molecule has 2 aliphatic rings. The number of hydrogen-bond acceptors (Lipinski definition) is 13. The number of benzene rings is 4.